The van der Waals surface area contributed by atoms with Gasteiger partial charge in [0.25, 0.3) is 5.91 Å². The normalized spacial score (nSPS) is 10.6. The lowest BCUT2D eigenvalue weighted by atomic mass is 10.2. The van der Waals surface area contributed by atoms with Crippen molar-refractivity contribution in [2.45, 2.75) is 17.9 Å². The Bertz CT molecular complexity index is 583. The number of rotatable bonds is 7. The highest BCUT2D eigenvalue weighted by Gasteiger charge is 2.09. The van der Waals surface area contributed by atoms with E-state index in [0.717, 1.165) is 4.90 Å². The van der Waals surface area contributed by atoms with Crippen LogP contribution in [0.5, 0.6) is 0 Å². The second-order valence-corrected chi connectivity index (χ2v) is 5.14. The van der Waals surface area contributed by atoms with Gasteiger partial charge < -0.3 is 14.6 Å². The lowest BCUT2D eigenvalue weighted by molar-refractivity contribution is 0.0949. The summed E-state index contributed by atoms with van der Waals surface area (Å²) in [7, 11) is 1.61. The molecule has 0 aliphatic rings. The Morgan fingerprint density at radius 1 is 1.38 bits per heavy atom. The Morgan fingerprint density at radius 3 is 2.81 bits per heavy atom. The van der Waals surface area contributed by atoms with Crippen molar-refractivity contribution in [3.05, 3.63) is 41.5 Å². The van der Waals surface area contributed by atoms with Crippen LogP contribution in [0.4, 0.5) is 0 Å². The highest BCUT2D eigenvalue weighted by molar-refractivity contribution is 7.98. The van der Waals surface area contributed by atoms with Gasteiger partial charge in [0.05, 0.1) is 19.6 Å². The second-order valence-electron chi connectivity index (χ2n) is 4.26. The minimum Gasteiger partial charge on any atom is -0.384 e. The molecule has 6 nitrogen and oxygen atoms in total. The summed E-state index contributed by atoms with van der Waals surface area (Å²) in [6, 6.07) is 7.41. The van der Waals surface area contributed by atoms with Gasteiger partial charge in [0.1, 0.15) is 0 Å². The number of amides is 1. The van der Waals surface area contributed by atoms with Crippen molar-refractivity contribution >= 4 is 17.7 Å². The fourth-order valence-electron chi connectivity index (χ4n) is 1.66. The van der Waals surface area contributed by atoms with Crippen molar-refractivity contribution in [2.24, 2.45) is 0 Å². The van der Waals surface area contributed by atoms with E-state index in [1.165, 1.54) is 0 Å². The van der Waals surface area contributed by atoms with Gasteiger partial charge in [0.2, 0.25) is 5.89 Å². The van der Waals surface area contributed by atoms with Gasteiger partial charge >= 0.3 is 0 Å². The highest BCUT2D eigenvalue weighted by atomic mass is 32.2. The third-order valence-electron chi connectivity index (χ3n) is 2.79. The van der Waals surface area contributed by atoms with Crippen molar-refractivity contribution in [3.63, 3.8) is 0 Å². The maximum Gasteiger partial charge on any atom is 0.251 e. The minimum atomic E-state index is -0.161. The monoisotopic (exact) mass is 307 g/mol. The molecule has 112 valence electrons. The smallest absolute Gasteiger partial charge is 0.251 e. The quantitative estimate of drug-likeness (QED) is 0.787. The number of carbonyl (C=O) groups is 1. The lowest BCUT2D eigenvalue weighted by Crippen LogP contribution is -2.23. The predicted octanol–water partition coefficient (Wildman–Crippen LogP) is 1.91. The van der Waals surface area contributed by atoms with E-state index in [-0.39, 0.29) is 12.5 Å². The first-order valence-corrected chi connectivity index (χ1v) is 7.68. The summed E-state index contributed by atoms with van der Waals surface area (Å²) < 4.78 is 9.97. The molecular weight excluding hydrogens is 290 g/mol. The molecule has 1 N–H and O–H groups in total. The van der Waals surface area contributed by atoms with Crippen molar-refractivity contribution < 1.29 is 14.1 Å². The standard InChI is InChI=1S/C14H17N3O3S/c1-19-8-7-13-16-12(17-20-13)9-15-14(18)10-3-5-11(21-2)6-4-10/h3-6H,7-9H2,1-2H3,(H,15,18). The number of methoxy groups -OCH3 is 1. The lowest BCUT2D eigenvalue weighted by Gasteiger charge is -2.03. The van der Waals surface area contributed by atoms with Gasteiger partial charge in [-0.1, -0.05) is 5.16 Å². The van der Waals surface area contributed by atoms with E-state index in [0.29, 0.717) is 30.3 Å². The van der Waals surface area contributed by atoms with E-state index in [1.807, 2.05) is 18.4 Å². The number of aromatic nitrogens is 2. The van der Waals surface area contributed by atoms with E-state index in [2.05, 4.69) is 15.5 Å². The van der Waals surface area contributed by atoms with Crippen LogP contribution in [-0.2, 0) is 17.7 Å². The molecule has 0 bridgehead atoms. The van der Waals surface area contributed by atoms with Crippen LogP contribution in [0.25, 0.3) is 0 Å². The van der Waals surface area contributed by atoms with Crippen LogP contribution < -0.4 is 5.32 Å². The van der Waals surface area contributed by atoms with Gasteiger partial charge in [-0.3, -0.25) is 4.79 Å². The second kappa shape index (κ2) is 7.80. The molecule has 0 spiro atoms. The number of thioether (sulfide) groups is 1. The fraction of sp³-hybridized carbons (Fsp3) is 0.357. The molecule has 1 aromatic carbocycles. The summed E-state index contributed by atoms with van der Waals surface area (Å²) in [6.07, 6.45) is 2.56. The van der Waals surface area contributed by atoms with E-state index in [1.54, 1.807) is 31.0 Å². The zero-order valence-electron chi connectivity index (χ0n) is 12.0. The molecule has 0 unspecified atom stereocenters. The molecule has 2 rings (SSSR count). The molecule has 0 fully saturated rings. The number of hydrogen-bond donors (Lipinski definition) is 1. The Hall–Kier alpha value is -1.86. The molecular formula is C14H17N3O3S. The van der Waals surface area contributed by atoms with Crippen molar-refractivity contribution in [1.29, 1.82) is 0 Å². The molecule has 0 atom stereocenters. The van der Waals surface area contributed by atoms with Crippen molar-refractivity contribution in [2.75, 3.05) is 20.0 Å². The summed E-state index contributed by atoms with van der Waals surface area (Å²) in [5.41, 5.74) is 0.607. The maximum atomic E-state index is 12.0. The minimum absolute atomic E-state index is 0.161. The Labute approximate surface area is 127 Å². The number of benzene rings is 1. The Morgan fingerprint density at radius 2 is 2.14 bits per heavy atom. The molecule has 1 aromatic heterocycles. The van der Waals surface area contributed by atoms with Gasteiger partial charge in [-0.2, -0.15) is 4.98 Å². The predicted molar refractivity (Wildman–Crippen MR) is 79.3 cm³/mol. The first-order valence-electron chi connectivity index (χ1n) is 6.45. The molecule has 0 aliphatic carbocycles. The molecule has 0 saturated heterocycles. The van der Waals surface area contributed by atoms with Crippen molar-refractivity contribution in [1.82, 2.24) is 15.5 Å². The van der Waals surface area contributed by atoms with Crippen molar-refractivity contribution in [3.8, 4) is 0 Å². The topological polar surface area (TPSA) is 77.2 Å². The number of carbonyl (C=O) groups excluding carboxylic acids is 1. The zero-order valence-corrected chi connectivity index (χ0v) is 12.8. The first kappa shape index (κ1) is 15.5. The SMILES string of the molecule is COCCc1nc(CNC(=O)c2ccc(SC)cc2)no1. The summed E-state index contributed by atoms with van der Waals surface area (Å²) in [6.45, 7) is 0.759. The summed E-state index contributed by atoms with van der Waals surface area (Å²) >= 11 is 1.63. The molecule has 0 radical (unpaired) electrons. The van der Waals surface area contributed by atoms with E-state index in [4.69, 9.17) is 9.26 Å². The zero-order chi connectivity index (χ0) is 15.1. The van der Waals surface area contributed by atoms with Gasteiger partial charge in [-0.05, 0) is 30.5 Å². The van der Waals surface area contributed by atoms with Gasteiger partial charge in [-0.15, -0.1) is 11.8 Å². The molecule has 7 heteroatoms. The Balaban J connectivity index is 1.86. The van der Waals surface area contributed by atoms with Crippen LogP contribution in [-0.4, -0.2) is 36.0 Å². The van der Waals surface area contributed by atoms with Crippen LogP contribution in [0.2, 0.25) is 0 Å². The average molecular weight is 307 g/mol. The summed E-state index contributed by atoms with van der Waals surface area (Å²) in [5, 5.41) is 6.56. The number of hydrogen-bond acceptors (Lipinski definition) is 6. The van der Waals surface area contributed by atoms with Crippen LogP contribution in [0, 0.1) is 0 Å². The van der Waals surface area contributed by atoms with Gasteiger partial charge in [-0.25, -0.2) is 0 Å². The molecule has 1 heterocycles. The molecule has 0 saturated carbocycles. The molecule has 2 aromatic rings. The first-order chi connectivity index (χ1) is 10.2. The molecule has 0 aliphatic heterocycles. The van der Waals surface area contributed by atoms with Crippen LogP contribution >= 0.6 is 11.8 Å². The third kappa shape index (κ3) is 4.57. The van der Waals surface area contributed by atoms with Crippen LogP contribution in [0.3, 0.4) is 0 Å². The number of ether oxygens (including phenoxy) is 1. The highest BCUT2D eigenvalue weighted by Crippen LogP contribution is 2.14. The van der Waals surface area contributed by atoms with E-state index < -0.39 is 0 Å². The largest absolute Gasteiger partial charge is 0.384 e. The van der Waals surface area contributed by atoms with E-state index in [9.17, 15) is 4.79 Å². The maximum absolute atomic E-state index is 12.0. The molecule has 1 amide bonds. The third-order valence-corrected chi connectivity index (χ3v) is 3.53. The van der Waals surface area contributed by atoms with Crippen LogP contribution in [0.15, 0.2) is 33.7 Å². The molecule has 21 heavy (non-hydrogen) atoms. The summed E-state index contributed by atoms with van der Waals surface area (Å²) in [4.78, 5) is 17.3. The number of nitrogens with zero attached hydrogens (tertiary/aromatic N) is 2. The van der Waals surface area contributed by atoms with Gasteiger partial charge in [0, 0.05) is 17.6 Å². The van der Waals surface area contributed by atoms with Gasteiger partial charge in [0.15, 0.2) is 5.82 Å². The Kier molecular flexibility index (Phi) is 5.77. The number of nitrogens with one attached hydrogen (secondary N) is 1. The fourth-order valence-corrected chi connectivity index (χ4v) is 2.06. The average Bonchev–Trinajstić information content (AvgIpc) is 2.98. The van der Waals surface area contributed by atoms with E-state index >= 15 is 0 Å². The summed E-state index contributed by atoms with van der Waals surface area (Å²) in [5.74, 6) is 0.798. The van der Waals surface area contributed by atoms with Crippen LogP contribution in [0.1, 0.15) is 22.1 Å².